The summed E-state index contributed by atoms with van der Waals surface area (Å²) in [6.45, 7) is 2.33. The van der Waals surface area contributed by atoms with Crippen LogP contribution in [0.3, 0.4) is 0 Å². The predicted octanol–water partition coefficient (Wildman–Crippen LogP) is 2.40. The van der Waals surface area contributed by atoms with Crippen LogP contribution in [-0.4, -0.2) is 18.7 Å². The Balaban J connectivity index is 1.97. The molecule has 1 aromatic heterocycles. The molecule has 6 heteroatoms. The Hall–Kier alpha value is -1.95. The smallest absolute Gasteiger partial charge is 0.232 e. The maximum Gasteiger partial charge on any atom is 0.232 e. The predicted molar refractivity (Wildman–Crippen MR) is 82.3 cm³/mol. The van der Waals surface area contributed by atoms with Crippen LogP contribution in [0.5, 0.6) is 0 Å². The lowest BCUT2D eigenvalue weighted by Crippen LogP contribution is -2.14. The Bertz CT molecular complexity index is 660. The molecule has 1 aromatic carbocycles. The second kappa shape index (κ2) is 6.00. The monoisotopic (exact) mass is 293 g/mol. The van der Waals surface area contributed by atoms with E-state index in [1.54, 1.807) is 19.1 Å². The molecule has 0 spiro atoms. The minimum absolute atomic E-state index is 0.0699. The van der Waals surface area contributed by atoms with Crippen LogP contribution in [0.1, 0.15) is 12.6 Å². The molecule has 1 heterocycles. The Kier molecular flexibility index (Phi) is 4.34. The number of rotatable bonds is 6. The first-order valence-electron chi connectivity index (χ1n) is 6.45. The second-order valence-corrected chi connectivity index (χ2v) is 6.56. The summed E-state index contributed by atoms with van der Waals surface area (Å²) < 4.78 is 27.5. The Morgan fingerprint density at radius 2 is 1.75 bits per heavy atom. The van der Waals surface area contributed by atoms with E-state index in [0.29, 0.717) is 5.69 Å². The number of sulfonamides is 1. The minimum Gasteiger partial charge on any atom is -0.379 e. The standard InChI is InChI=1S/C14H19N3O2S/c1-3-20(18,19)16-13-8-6-12(7-9-13)15-11-14-5-4-10-17(14)2/h4-10,15-16H,3,11H2,1-2H3. The molecule has 0 saturated carbocycles. The van der Waals surface area contributed by atoms with Crippen molar-refractivity contribution in [2.75, 3.05) is 15.8 Å². The van der Waals surface area contributed by atoms with Crippen molar-refractivity contribution >= 4 is 21.4 Å². The van der Waals surface area contributed by atoms with Gasteiger partial charge in [-0.05, 0) is 43.3 Å². The number of nitrogens with one attached hydrogen (secondary N) is 2. The quantitative estimate of drug-likeness (QED) is 0.859. The van der Waals surface area contributed by atoms with Crippen molar-refractivity contribution in [1.82, 2.24) is 4.57 Å². The zero-order valence-electron chi connectivity index (χ0n) is 11.6. The van der Waals surface area contributed by atoms with E-state index < -0.39 is 10.0 Å². The van der Waals surface area contributed by atoms with E-state index in [9.17, 15) is 8.42 Å². The van der Waals surface area contributed by atoms with E-state index in [2.05, 4.69) is 20.7 Å². The maximum atomic E-state index is 11.4. The number of aromatic nitrogens is 1. The highest BCUT2D eigenvalue weighted by Crippen LogP contribution is 2.15. The van der Waals surface area contributed by atoms with E-state index in [1.807, 2.05) is 31.4 Å². The zero-order valence-corrected chi connectivity index (χ0v) is 12.4. The van der Waals surface area contributed by atoms with Crippen LogP contribution in [0.2, 0.25) is 0 Å². The van der Waals surface area contributed by atoms with Gasteiger partial charge in [-0.3, -0.25) is 4.72 Å². The fourth-order valence-electron chi connectivity index (χ4n) is 1.78. The van der Waals surface area contributed by atoms with Crippen LogP contribution < -0.4 is 10.0 Å². The Morgan fingerprint density at radius 1 is 1.10 bits per heavy atom. The highest BCUT2D eigenvalue weighted by Gasteiger charge is 2.06. The third-order valence-electron chi connectivity index (χ3n) is 3.06. The van der Waals surface area contributed by atoms with E-state index in [4.69, 9.17) is 0 Å². The minimum atomic E-state index is -3.21. The van der Waals surface area contributed by atoms with Crippen molar-refractivity contribution in [3.63, 3.8) is 0 Å². The lowest BCUT2D eigenvalue weighted by atomic mass is 10.3. The summed E-state index contributed by atoms with van der Waals surface area (Å²) in [7, 11) is -1.21. The molecule has 0 bridgehead atoms. The van der Waals surface area contributed by atoms with Gasteiger partial charge in [-0.15, -0.1) is 0 Å². The summed E-state index contributed by atoms with van der Waals surface area (Å²) in [6.07, 6.45) is 2.00. The van der Waals surface area contributed by atoms with Crippen molar-refractivity contribution in [2.24, 2.45) is 7.05 Å². The third kappa shape index (κ3) is 3.77. The molecule has 2 N–H and O–H groups in total. The van der Waals surface area contributed by atoms with Crippen molar-refractivity contribution < 1.29 is 8.42 Å². The summed E-state index contributed by atoms with van der Waals surface area (Å²) in [6, 6.07) is 11.3. The summed E-state index contributed by atoms with van der Waals surface area (Å²) in [5, 5.41) is 3.29. The number of hydrogen-bond acceptors (Lipinski definition) is 3. The summed E-state index contributed by atoms with van der Waals surface area (Å²) in [5.74, 6) is 0.0699. The molecule has 0 amide bonds. The van der Waals surface area contributed by atoms with E-state index in [0.717, 1.165) is 12.2 Å². The van der Waals surface area contributed by atoms with Crippen LogP contribution in [0, 0.1) is 0 Å². The first kappa shape index (κ1) is 14.5. The van der Waals surface area contributed by atoms with Gasteiger partial charge in [0.15, 0.2) is 0 Å². The molecule has 20 heavy (non-hydrogen) atoms. The van der Waals surface area contributed by atoms with Gasteiger partial charge >= 0.3 is 0 Å². The summed E-state index contributed by atoms with van der Waals surface area (Å²) >= 11 is 0. The maximum absolute atomic E-state index is 11.4. The van der Waals surface area contributed by atoms with Crippen molar-refractivity contribution in [2.45, 2.75) is 13.5 Å². The van der Waals surface area contributed by atoms with Gasteiger partial charge in [0.2, 0.25) is 10.0 Å². The summed E-state index contributed by atoms with van der Waals surface area (Å²) in [5.41, 5.74) is 2.71. The Morgan fingerprint density at radius 3 is 2.30 bits per heavy atom. The van der Waals surface area contributed by atoms with Crippen LogP contribution in [-0.2, 0) is 23.6 Å². The molecular weight excluding hydrogens is 274 g/mol. The third-order valence-corrected chi connectivity index (χ3v) is 4.37. The number of hydrogen-bond donors (Lipinski definition) is 2. The SMILES string of the molecule is CCS(=O)(=O)Nc1ccc(NCc2cccn2C)cc1. The van der Waals surface area contributed by atoms with Gasteiger partial charge in [0.25, 0.3) is 0 Å². The molecule has 108 valence electrons. The number of aryl methyl sites for hydroxylation is 1. The summed E-state index contributed by atoms with van der Waals surface area (Å²) in [4.78, 5) is 0. The highest BCUT2D eigenvalue weighted by molar-refractivity contribution is 7.92. The topological polar surface area (TPSA) is 63.1 Å². The van der Waals surface area contributed by atoms with Gasteiger partial charge in [0, 0.05) is 30.3 Å². The molecule has 0 fully saturated rings. The molecule has 0 atom stereocenters. The van der Waals surface area contributed by atoms with Crippen LogP contribution in [0.4, 0.5) is 11.4 Å². The van der Waals surface area contributed by atoms with Crippen LogP contribution in [0.25, 0.3) is 0 Å². The van der Waals surface area contributed by atoms with E-state index >= 15 is 0 Å². The van der Waals surface area contributed by atoms with Crippen molar-refractivity contribution in [3.05, 3.63) is 48.3 Å². The van der Waals surface area contributed by atoms with Crippen LogP contribution in [0.15, 0.2) is 42.6 Å². The first-order valence-corrected chi connectivity index (χ1v) is 8.10. The molecule has 0 aliphatic heterocycles. The van der Waals surface area contributed by atoms with Gasteiger partial charge in [-0.25, -0.2) is 8.42 Å². The molecule has 0 unspecified atom stereocenters. The zero-order chi connectivity index (χ0) is 14.6. The van der Waals surface area contributed by atoms with Crippen LogP contribution >= 0.6 is 0 Å². The van der Waals surface area contributed by atoms with Gasteiger partial charge in [0.05, 0.1) is 12.3 Å². The average molecular weight is 293 g/mol. The van der Waals surface area contributed by atoms with Crippen molar-refractivity contribution in [1.29, 1.82) is 0 Å². The molecule has 0 aliphatic carbocycles. The average Bonchev–Trinajstić information content (AvgIpc) is 2.83. The normalized spacial score (nSPS) is 11.3. The van der Waals surface area contributed by atoms with E-state index in [1.165, 1.54) is 5.69 Å². The number of nitrogens with zero attached hydrogens (tertiary/aromatic N) is 1. The number of benzene rings is 1. The molecule has 2 aromatic rings. The van der Waals surface area contributed by atoms with Gasteiger partial charge in [0.1, 0.15) is 0 Å². The lowest BCUT2D eigenvalue weighted by Gasteiger charge is -2.09. The lowest BCUT2D eigenvalue weighted by molar-refractivity contribution is 0.602. The second-order valence-electron chi connectivity index (χ2n) is 4.55. The first-order chi connectivity index (χ1) is 9.50. The van der Waals surface area contributed by atoms with E-state index in [-0.39, 0.29) is 5.75 Å². The Labute approximate surface area is 119 Å². The van der Waals surface area contributed by atoms with Crippen molar-refractivity contribution in [3.8, 4) is 0 Å². The molecule has 0 aliphatic rings. The fraction of sp³-hybridized carbons (Fsp3) is 0.286. The molecular formula is C14H19N3O2S. The molecule has 0 radical (unpaired) electrons. The molecule has 0 saturated heterocycles. The molecule has 2 rings (SSSR count). The van der Waals surface area contributed by atoms with Gasteiger partial charge < -0.3 is 9.88 Å². The highest BCUT2D eigenvalue weighted by atomic mass is 32.2. The van der Waals surface area contributed by atoms with Gasteiger partial charge in [-0.2, -0.15) is 0 Å². The van der Waals surface area contributed by atoms with Gasteiger partial charge in [-0.1, -0.05) is 0 Å². The fourth-order valence-corrected chi connectivity index (χ4v) is 2.42. The number of anilines is 2. The molecule has 5 nitrogen and oxygen atoms in total. The largest absolute Gasteiger partial charge is 0.379 e.